The van der Waals surface area contributed by atoms with E-state index in [1.165, 1.54) is 22.1 Å². The molecule has 6 nitrogen and oxygen atoms in total. The predicted octanol–water partition coefficient (Wildman–Crippen LogP) is 5.48. The number of hydrogen-bond acceptors (Lipinski definition) is 4. The molecule has 0 atom stereocenters. The summed E-state index contributed by atoms with van der Waals surface area (Å²) in [6.07, 6.45) is -8.23. The number of piperazine rings is 1. The Morgan fingerprint density at radius 1 is 0.771 bits per heavy atom. The van der Waals surface area contributed by atoms with Crippen LogP contribution in [-0.4, -0.2) is 58.6 Å². The number of carbonyl (C=O) groups excluding carboxylic acids is 2. The van der Waals surface area contributed by atoms with Crippen LogP contribution in [0.25, 0.3) is 11.1 Å². The van der Waals surface area contributed by atoms with Crippen LogP contribution in [-0.2, 0) is 17.1 Å². The highest BCUT2D eigenvalue weighted by Gasteiger charge is 2.37. The molecule has 2 heterocycles. The lowest BCUT2D eigenvalue weighted by atomic mass is 9.99. The number of nitrogens with zero attached hydrogens (tertiary/aromatic N) is 3. The van der Waals surface area contributed by atoms with Gasteiger partial charge in [-0.3, -0.25) is 9.78 Å². The van der Waals surface area contributed by atoms with E-state index in [-0.39, 0.29) is 48.9 Å². The summed E-state index contributed by atoms with van der Waals surface area (Å²) in [6, 6.07) is 2.40. The molecule has 0 aliphatic carbocycles. The largest absolute Gasteiger partial charge is 0.444 e. The summed E-state index contributed by atoms with van der Waals surface area (Å²) < 4.78 is 84.5. The summed E-state index contributed by atoms with van der Waals surface area (Å²) >= 11 is 0. The molecule has 35 heavy (non-hydrogen) atoms. The summed E-state index contributed by atoms with van der Waals surface area (Å²) in [4.78, 5) is 31.8. The standard InChI is InChI=1S/C23H23F6N3O3/c1-21(2,3)35-20(34)32-6-4-31(5-7-32)19(33)16-8-15(12-30-13-16)14-9-17(22(24,25)26)11-18(10-14)23(27,28)29/h8-13H,4-7H2,1-3H3. The second-order valence-electron chi connectivity index (χ2n) is 9.02. The number of hydrogen-bond donors (Lipinski definition) is 0. The fraction of sp³-hybridized carbons (Fsp3) is 0.435. The number of halogens is 6. The highest BCUT2D eigenvalue weighted by atomic mass is 19.4. The number of aromatic nitrogens is 1. The van der Waals surface area contributed by atoms with Gasteiger partial charge < -0.3 is 14.5 Å². The molecule has 1 aromatic heterocycles. The third-order valence-corrected chi connectivity index (χ3v) is 5.12. The first-order chi connectivity index (χ1) is 16.0. The van der Waals surface area contributed by atoms with E-state index < -0.39 is 41.1 Å². The van der Waals surface area contributed by atoms with E-state index in [4.69, 9.17) is 4.74 Å². The maximum absolute atomic E-state index is 13.2. The molecule has 0 radical (unpaired) electrons. The number of rotatable bonds is 2. The van der Waals surface area contributed by atoms with E-state index in [2.05, 4.69) is 4.98 Å². The summed E-state index contributed by atoms with van der Waals surface area (Å²) in [5.74, 6) is -0.508. The average molecular weight is 503 g/mol. The molecule has 0 saturated carbocycles. The van der Waals surface area contributed by atoms with Crippen LogP contribution in [0.3, 0.4) is 0 Å². The molecular weight excluding hydrogens is 480 g/mol. The first-order valence-corrected chi connectivity index (χ1v) is 10.6. The fourth-order valence-corrected chi connectivity index (χ4v) is 3.44. The summed E-state index contributed by atoms with van der Waals surface area (Å²) in [6.45, 7) is 5.94. The van der Waals surface area contributed by atoms with Gasteiger partial charge in [-0.25, -0.2) is 4.79 Å². The van der Waals surface area contributed by atoms with Crippen molar-refractivity contribution < 1.29 is 40.7 Å². The Bertz CT molecular complexity index is 1070. The van der Waals surface area contributed by atoms with Gasteiger partial charge in [0, 0.05) is 44.1 Å². The van der Waals surface area contributed by atoms with Crippen molar-refractivity contribution >= 4 is 12.0 Å². The molecule has 1 aliphatic rings. The second-order valence-corrected chi connectivity index (χ2v) is 9.02. The van der Waals surface area contributed by atoms with E-state index in [1.807, 2.05) is 0 Å². The van der Waals surface area contributed by atoms with Gasteiger partial charge in [-0.1, -0.05) is 0 Å². The third kappa shape index (κ3) is 6.64. The Labute approximate surface area is 197 Å². The van der Waals surface area contributed by atoms with Crippen LogP contribution >= 0.6 is 0 Å². The minimum atomic E-state index is -5.00. The summed E-state index contributed by atoms with van der Waals surface area (Å²) in [5.41, 5.74) is -4.04. The van der Waals surface area contributed by atoms with Crippen molar-refractivity contribution in [2.75, 3.05) is 26.2 Å². The molecule has 1 aliphatic heterocycles. The van der Waals surface area contributed by atoms with Crippen LogP contribution in [0.2, 0.25) is 0 Å². The van der Waals surface area contributed by atoms with Crippen LogP contribution in [0.4, 0.5) is 31.1 Å². The van der Waals surface area contributed by atoms with Crippen LogP contribution in [0.5, 0.6) is 0 Å². The maximum atomic E-state index is 13.2. The number of benzene rings is 1. The zero-order chi connectivity index (χ0) is 26.2. The Hall–Kier alpha value is -3.31. The Balaban J connectivity index is 1.81. The van der Waals surface area contributed by atoms with Crippen LogP contribution in [0, 0.1) is 0 Å². The van der Waals surface area contributed by atoms with Crippen molar-refractivity contribution in [1.29, 1.82) is 0 Å². The lowest BCUT2D eigenvalue weighted by Gasteiger charge is -2.35. The zero-order valence-electron chi connectivity index (χ0n) is 19.1. The van der Waals surface area contributed by atoms with Gasteiger partial charge in [0.25, 0.3) is 5.91 Å². The van der Waals surface area contributed by atoms with Gasteiger partial charge in [0.15, 0.2) is 0 Å². The maximum Gasteiger partial charge on any atom is 0.416 e. The number of amides is 2. The second kappa shape index (κ2) is 9.38. The topological polar surface area (TPSA) is 62.7 Å². The van der Waals surface area contributed by atoms with E-state index >= 15 is 0 Å². The molecule has 1 saturated heterocycles. The van der Waals surface area contributed by atoms with Gasteiger partial charge in [-0.05, 0) is 50.6 Å². The summed E-state index contributed by atoms with van der Waals surface area (Å²) in [5, 5.41) is 0. The number of alkyl halides is 6. The quantitative estimate of drug-likeness (QED) is 0.510. The molecule has 0 N–H and O–H groups in total. The Morgan fingerprint density at radius 3 is 1.77 bits per heavy atom. The molecule has 2 aromatic rings. The lowest BCUT2D eigenvalue weighted by molar-refractivity contribution is -0.143. The van der Waals surface area contributed by atoms with Crippen molar-refractivity contribution in [1.82, 2.24) is 14.8 Å². The van der Waals surface area contributed by atoms with Crippen molar-refractivity contribution in [3.05, 3.63) is 53.3 Å². The van der Waals surface area contributed by atoms with Crippen molar-refractivity contribution in [2.45, 2.75) is 38.7 Å². The van der Waals surface area contributed by atoms with E-state index in [0.717, 1.165) is 6.20 Å². The first kappa shape index (κ1) is 26.3. The van der Waals surface area contributed by atoms with Crippen molar-refractivity contribution in [3.8, 4) is 11.1 Å². The highest BCUT2D eigenvalue weighted by molar-refractivity contribution is 5.95. The molecule has 190 valence electrons. The number of ether oxygens (including phenoxy) is 1. The molecular formula is C23H23F6N3O3. The molecule has 0 spiro atoms. The van der Waals surface area contributed by atoms with Crippen molar-refractivity contribution in [2.24, 2.45) is 0 Å². The fourth-order valence-electron chi connectivity index (χ4n) is 3.44. The van der Waals surface area contributed by atoms with Gasteiger partial charge in [-0.15, -0.1) is 0 Å². The molecule has 2 amide bonds. The van der Waals surface area contributed by atoms with Gasteiger partial charge in [-0.2, -0.15) is 26.3 Å². The number of pyridine rings is 1. The lowest BCUT2D eigenvalue weighted by Crippen LogP contribution is -2.51. The Morgan fingerprint density at radius 2 is 1.29 bits per heavy atom. The minimum absolute atomic E-state index is 0.000751. The molecule has 0 unspecified atom stereocenters. The predicted molar refractivity (Wildman–Crippen MR) is 113 cm³/mol. The van der Waals surface area contributed by atoms with E-state index in [9.17, 15) is 35.9 Å². The molecule has 3 rings (SSSR count). The van der Waals surface area contributed by atoms with Gasteiger partial charge in [0.1, 0.15) is 5.60 Å². The zero-order valence-corrected chi connectivity index (χ0v) is 19.1. The van der Waals surface area contributed by atoms with Crippen LogP contribution in [0.15, 0.2) is 36.7 Å². The minimum Gasteiger partial charge on any atom is -0.444 e. The monoisotopic (exact) mass is 503 g/mol. The SMILES string of the molecule is CC(C)(C)OC(=O)N1CCN(C(=O)c2cncc(-c3cc(C(F)(F)F)cc(C(F)(F)F)c3)c2)CC1. The third-order valence-electron chi connectivity index (χ3n) is 5.12. The van der Waals surface area contributed by atoms with E-state index in [1.54, 1.807) is 20.8 Å². The van der Waals surface area contributed by atoms with Gasteiger partial charge >= 0.3 is 18.4 Å². The average Bonchev–Trinajstić information content (AvgIpc) is 2.76. The van der Waals surface area contributed by atoms with Crippen LogP contribution < -0.4 is 0 Å². The van der Waals surface area contributed by atoms with Gasteiger partial charge in [0.2, 0.25) is 0 Å². The normalized spacial score (nSPS) is 15.2. The molecule has 1 aromatic carbocycles. The Kier molecular flexibility index (Phi) is 7.05. The molecule has 12 heteroatoms. The first-order valence-electron chi connectivity index (χ1n) is 10.6. The summed E-state index contributed by atoms with van der Waals surface area (Å²) in [7, 11) is 0. The van der Waals surface area contributed by atoms with Crippen LogP contribution in [0.1, 0.15) is 42.3 Å². The highest BCUT2D eigenvalue weighted by Crippen LogP contribution is 2.38. The number of carbonyl (C=O) groups is 2. The van der Waals surface area contributed by atoms with E-state index in [0.29, 0.717) is 12.1 Å². The van der Waals surface area contributed by atoms with Crippen molar-refractivity contribution in [3.63, 3.8) is 0 Å². The smallest absolute Gasteiger partial charge is 0.416 e. The molecule has 1 fully saturated rings. The van der Waals surface area contributed by atoms with Gasteiger partial charge in [0.05, 0.1) is 16.7 Å². The molecule has 0 bridgehead atoms.